The van der Waals surface area contributed by atoms with E-state index in [0.717, 1.165) is 18.4 Å². The summed E-state index contributed by atoms with van der Waals surface area (Å²) in [5.41, 5.74) is 2.36. The lowest BCUT2D eigenvalue weighted by molar-refractivity contribution is -0.140. The SMILES string of the molecule is OC[C@@H]1CC[C@@H](On2cnc3c(NCc4ccccc4)ncnc32)O1. The van der Waals surface area contributed by atoms with Gasteiger partial charge in [0.1, 0.15) is 12.7 Å². The molecule has 1 aromatic carbocycles. The third kappa shape index (κ3) is 3.40. The molecule has 130 valence electrons. The largest absolute Gasteiger partial charge is 0.394 e. The van der Waals surface area contributed by atoms with Crippen molar-refractivity contribution >= 4 is 17.0 Å². The highest BCUT2D eigenvalue weighted by molar-refractivity contribution is 5.82. The first-order valence-electron chi connectivity index (χ1n) is 8.23. The normalized spacial score (nSPS) is 20.0. The Bertz CT molecular complexity index is 839. The van der Waals surface area contributed by atoms with Gasteiger partial charge in [-0.15, -0.1) is 4.73 Å². The van der Waals surface area contributed by atoms with E-state index >= 15 is 0 Å². The van der Waals surface area contributed by atoms with E-state index in [-0.39, 0.29) is 12.7 Å². The fourth-order valence-corrected chi connectivity index (χ4v) is 2.81. The van der Waals surface area contributed by atoms with E-state index in [0.29, 0.717) is 23.5 Å². The van der Waals surface area contributed by atoms with Crippen LogP contribution in [0.3, 0.4) is 0 Å². The molecule has 4 rings (SSSR count). The molecule has 1 fully saturated rings. The minimum absolute atomic E-state index is 0.000258. The fourth-order valence-electron chi connectivity index (χ4n) is 2.81. The summed E-state index contributed by atoms with van der Waals surface area (Å²) in [5, 5.41) is 12.4. The highest BCUT2D eigenvalue weighted by atomic mass is 16.8. The lowest BCUT2D eigenvalue weighted by atomic mass is 10.2. The predicted molar refractivity (Wildman–Crippen MR) is 90.7 cm³/mol. The average Bonchev–Trinajstić information content (AvgIpc) is 3.28. The maximum atomic E-state index is 9.14. The van der Waals surface area contributed by atoms with Crippen molar-refractivity contribution in [3.63, 3.8) is 0 Å². The maximum absolute atomic E-state index is 9.14. The molecule has 0 saturated carbocycles. The highest BCUT2D eigenvalue weighted by Crippen LogP contribution is 2.21. The van der Waals surface area contributed by atoms with Gasteiger partial charge in [-0.1, -0.05) is 30.3 Å². The molecule has 0 amide bonds. The summed E-state index contributed by atoms with van der Waals surface area (Å²) >= 11 is 0. The molecule has 0 radical (unpaired) electrons. The van der Waals surface area contributed by atoms with Gasteiger partial charge in [0.2, 0.25) is 11.9 Å². The van der Waals surface area contributed by atoms with Crippen LogP contribution in [0.15, 0.2) is 43.0 Å². The quantitative estimate of drug-likeness (QED) is 0.699. The van der Waals surface area contributed by atoms with E-state index in [4.69, 9.17) is 14.7 Å². The third-order valence-corrected chi connectivity index (χ3v) is 4.11. The topological polar surface area (TPSA) is 94.3 Å². The Hall–Kier alpha value is -2.71. The highest BCUT2D eigenvalue weighted by Gasteiger charge is 2.27. The van der Waals surface area contributed by atoms with Gasteiger partial charge in [0.25, 0.3) is 0 Å². The van der Waals surface area contributed by atoms with Gasteiger partial charge >= 0.3 is 0 Å². The molecule has 0 bridgehead atoms. The van der Waals surface area contributed by atoms with Crippen LogP contribution in [0.25, 0.3) is 11.2 Å². The van der Waals surface area contributed by atoms with Crippen molar-refractivity contribution in [3.8, 4) is 0 Å². The molecular weight excluding hydrogens is 322 g/mol. The number of aliphatic hydroxyl groups excluding tert-OH is 1. The van der Waals surface area contributed by atoms with Crippen LogP contribution in [0.5, 0.6) is 0 Å². The van der Waals surface area contributed by atoms with Crippen LogP contribution in [-0.2, 0) is 11.3 Å². The van der Waals surface area contributed by atoms with Gasteiger partial charge in [0, 0.05) is 13.0 Å². The fraction of sp³-hybridized carbons (Fsp3) is 0.353. The van der Waals surface area contributed by atoms with Gasteiger partial charge in [-0.05, 0) is 12.0 Å². The number of aliphatic hydroxyl groups is 1. The second-order valence-corrected chi connectivity index (χ2v) is 5.86. The summed E-state index contributed by atoms with van der Waals surface area (Å²) < 4.78 is 7.08. The zero-order valence-electron chi connectivity index (χ0n) is 13.6. The van der Waals surface area contributed by atoms with Crippen molar-refractivity contribution in [1.29, 1.82) is 0 Å². The summed E-state index contributed by atoms with van der Waals surface area (Å²) in [7, 11) is 0. The van der Waals surface area contributed by atoms with Crippen LogP contribution in [0.2, 0.25) is 0 Å². The Morgan fingerprint density at radius 2 is 2.08 bits per heavy atom. The van der Waals surface area contributed by atoms with Crippen molar-refractivity contribution in [2.75, 3.05) is 11.9 Å². The third-order valence-electron chi connectivity index (χ3n) is 4.11. The van der Waals surface area contributed by atoms with Crippen molar-refractivity contribution in [3.05, 3.63) is 48.5 Å². The Labute approximate surface area is 144 Å². The number of nitrogens with zero attached hydrogens (tertiary/aromatic N) is 4. The first kappa shape index (κ1) is 15.8. The number of benzene rings is 1. The summed E-state index contributed by atoms with van der Waals surface area (Å²) in [5.74, 6) is 0.650. The first-order chi connectivity index (χ1) is 12.3. The van der Waals surface area contributed by atoms with Crippen LogP contribution < -0.4 is 10.2 Å². The molecule has 1 aliphatic heterocycles. The molecule has 25 heavy (non-hydrogen) atoms. The number of aromatic nitrogens is 4. The maximum Gasteiger partial charge on any atom is 0.225 e. The molecule has 2 atom stereocenters. The monoisotopic (exact) mass is 341 g/mol. The van der Waals surface area contributed by atoms with Gasteiger partial charge < -0.3 is 20.0 Å². The molecular formula is C17H19N5O3. The molecule has 1 saturated heterocycles. The van der Waals surface area contributed by atoms with Crippen molar-refractivity contribution in [1.82, 2.24) is 19.7 Å². The molecule has 8 heteroatoms. The molecule has 2 N–H and O–H groups in total. The number of rotatable bonds is 6. The van der Waals surface area contributed by atoms with Crippen LogP contribution in [0, 0.1) is 0 Å². The number of nitrogens with one attached hydrogen (secondary N) is 1. The van der Waals surface area contributed by atoms with Gasteiger partial charge in [-0.25, -0.2) is 15.0 Å². The molecule has 3 heterocycles. The van der Waals surface area contributed by atoms with Crippen LogP contribution >= 0.6 is 0 Å². The summed E-state index contributed by atoms with van der Waals surface area (Å²) in [6.07, 6.45) is 3.94. The lowest BCUT2D eigenvalue weighted by Gasteiger charge is -2.14. The molecule has 1 aliphatic rings. The first-order valence-corrected chi connectivity index (χ1v) is 8.23. The minimum atomic E-state index is -0.412. The number of hydrogen-bond acceptors (Lipinski definition) is 7. The van der Waals surface area contributed by atoms with E-state index in [1.807, 2.05) is 30.3 Å². The lowest BCUT2D eigenvalue weighted by Crippen LogP contribution is -2.26. The Morgan fingerprint density at radius 1 is 1.20 bits per heavy atom. The molecule has 0 aliphatic carbocycles. The zero-order chi connectivity index (χ0) is 17.1. The number of ether oxygens (including phenoxy) is 1. The van der Waals surface area contributed by atoms with Crippen LogP contribution in [0.4, 0.5) is 5.82 Å². The Kier molecular flexibility index (Phi) is 4.45. The van der Waals surface area contributed by atoms with Crippen molar-refractivity contribution in [2.45, 2.75) is 31.8 Å². The van der Waals surface area contributed by atoms with Crippen LogP contribution in [0.1, 0.15) is 18.4 Å². The van der Waals surface area contributed by atoms with E-state index in [2.05, 4.69) is 20.3 Å². The summed E-state index contributed by atoms with van der Waals surface area (Å²) in [4.78, 5) is 18.7. The number of imidazole rings is 1. The average molecular weight is 341 g/mol. The van der Waals surface area contributed by atoms with E-state index in [1.54, 1.807) is 6.33 Å². The van der Waals surface area contributed by atoms with Gasteiger partial charge in [0.05, 0.1) is 12.7 Å². The Morgan fingerprint density at radius 3 is 2.88 bits per heavy atom. The molecule has 3 aromatic rings. The van der Waals surface area contributed by atoms with Gasteiger partial charge in [-0.2, -0.15) is 0 Å². The zero-order valence-corrected chi connectivity index (χ0v) is 13.6. The minimum Gasteiger partial charge on any atom is -0.394 e. The Balaban J connectivity index is 1.50. The number of anilines is 1. The van der Waals surface area contributed by atoms with E-state index in [1.165, 1.54) is 11.1 Å². The van der Waals surface area contributed by atoms with Gasteiger partial charge in [0.15, 0.2) is 11.3 Å². The van der Waals surface area contributed by atoms with Gasteiger partial charge in [-0.3, -0.25) is 0 Å². The molecule has 0 unspecified atom stereocenters. The second kappa shape index (κ2) is 7.04. The molecule has 0 spiro atoms. The smallest absolute Gasteiger partial charge is 0.225 e. The number of fused-ring (bicyclic) bond motifs is 1. The van der Waals surface area contributed by atoms with Crippen LogP contribution in [-0.4, -0.2) is 43.8 Å². The summed E-state index contributed by atoms with van der Waals surface area (Å²) in [6, 6.07) is 10.1. The predicted octanol–water partition coefficient (Wildman–Crippen LogP) is 1.36. The van der Waals surface area contributed by atoms with E-state index in [9.17, 15) is 0 Å². The van der Waals surface area contributed by atoms with Crippen molar-refractivity contribution in [2.24, 2.45) is 0 Å². The second-order valence-electron chi connectivity index (χ2n) is 5.86. The van der Waals surface area contributed by atoms with Crippen molar-refractivity contribution < 1.29 is 14.7 Å². The number of hydrogen-bond donors (Lipinski definition) is 2. The van der Waals surface area contributed by atoms with E-state index < -0.39 is 6.29 Å². The molecule has 8 nitrogen and oxygen atoms in total. The standard InChI is InChI=1S/C17H19N5O3/c23-9-13-6-7-14(24-13)25-22-11-21-15-16(19-10-20-17(15)22)18-8-12-4-2-1-3-5-12/h1-5,10-11,13-14,23H,6-9H2,(H,18,19,20)/t13-,14+/m0/s1. The summed E-state index contributed by atoms with van der Waals surface area (Å²) in [6.45, 7) is 0.644. The molecule has 2 aromatic heterocycles.